The Morgan fingerprint density at radius 3 is 2.90 bits per heavy atom. The molecule has 0 aliphatic carbocycles. The summed E-state index contributed by atoms with van der Waals surface area (Å²) in [5.74, 6) is -0.271. The van der Waals surface area contributed by atoms with Crippen LogP contribution in [0.1, 0.15) is 32.6 Å². The highest BCUT2D eigenvalue weighted by Crippen LogP contribution is 2.14. The summed E-state index contributed by atoms with van der Waals surface area (Å²) in [6, 6.07) is -1.12. The van der Waals surface area contributed by atoms with Crippen molar-refractivity contribution in [2.75, 3.05) is 31.7 Å². The van der Waals surface area contributed by atoms with E-state index in [1.54, 1.807) is 16.7 Å². The highest BCUT2D eigenvalue weighted by atomic mass is 32.2. The number of rotatable bonds is 8. The van der Waals surface area contributed by atoms with Gasteiger partial charge in [-0.05, 0) is 37.7 Å². The van der Waals surface area contributed by atoms with Crippen molar-refractivity contribution < 1.29 is 19.4 Å². The predicted octanol–water partition coefficient (Wildman–Crippen LogP) is 1.79. The zero-order valence-electron chi connectivity index (χ0n) is 12.8. The molecule has 2 amide bonds. The van der Waals surface area contributed by atoms with Crippen molar-refractivity contribution in [3.05, 3.63) is 0 Å². The van der Waals surface area contributed by atoms with Crippen LogP contribution in [0.3, 0.4) is 0 Å². The number of aliphatic carboxylic acids is 1. The highest BCUT2D eigenvalue weighted by molar-refractivity contribution is 7.98. The smallest absolute Gasteiger partial charge is 0.326 e. The number of piperidine rings is 1. The van der Waals surface area contributed by atoms with Gasteiger partial charge < -0.3 is 20.1 Å². The zero-order valence-corrected chi connectivity index (χ0v) is 13.7. The lowest BCUT2D eigenvalue weighted by Crippen LogP contribution is -2.52. The Bertz CT molecular complexity index is 341. The van der Waals surface area contributed by atoms with Crippen molar-refractivity contribution in [3.8, 4) is 0 Å². The fourth-order valence-electron chi connectivity index (χ4n) is 2.28. The lowest BCUT2D eigenvalue weighted by Gasteiger charge is -2.33. The van der Waals surface area contributed by atoms with Crippen LogP contribution >= 0.6 is 11.8 Å². The molecule has 1 fully saturated rings. The number of carboxylic acids is 1. The molecule has 21 heavy (non-hydrogen) atoms. The minimum absolute atomic E-state index is 0.0684. The van der Waals surface area contributed by atoms with E-state index in [1.807, 2.05) is 6.26 Å². The predicted molar refractivity (Wildman–Crippen MR) is 83.8 cm³/mol. The second-order valence-electron chi connectivity index (χ2n) is 5.20. The van der Waals surface area contributed by atoms with Gasteiger partial charge in [0.05, 0.1) is 6.10 Å². The molecule has 0 aromatic heterocycles. The van der Waals surface area contributed by atoms with Gasteiger partial charge in [0.15, 0.2) is 0 Å². The van der Waals surface area contributed by atoms with Crippen LogP contribution in [0.25, 0.3) is 0 Å². The van der Waals surface area contributed by atoms with Crippen molar-refractivity contribution in [1.82, 2.24) is 10.2 Å². The van der Waals surface area contributed by atoms with Crippen molar-refractivity contribution >= 4 is 23.8 Å². The van der Waals surface area contributed by atoms with Gasteiger partial charge in [0.25, 0.3) is 0 Å². The molecule has 1 heterocycles. The molecule has 2 N–H and O–H groups in total. The number of likely N-dealkylation sites (tertiary alicyclic amines) is 1. The summed E-state index contributed by atoms with van der Waals surface area (Å²) in [6.07, 6.45) is 5.23. The molecule has 7 heteroatoms. The van der Waals surface area contributed by atoms with E-state index in [4.69, 9.17) is 9.84 Å². The topological polar surface area (TPSA) is 78.9 Å². The maximum atomic E-state index is 12.2. The van der Waals surface area contributed by atoms with Crippen LogP contribution in [0.5, 0.6) is 0 Å². The van der Waals surface area contributed by atoms with Gasteiger partial charge in [-0.1, -0.05) is 6.92 Å². The molecule has 1 aliphatic heterocycles. The molecule has 122 valence electrons. The molecule has 1 rings (SSSR count). The Morgan fingerprint density at radius 2 is 2.29 bits per heavy atom. The van der Waals surface area contributed by atoms with E-state index in [-0.39, 0.29) is 12.1 Å². The lowest BCUT2D eigenvalue weighted by atomic mass is 10.1. The number of carbonyl (C=O) groups is 2. The number of carbonyl (C=O) groups excluding carboxylic acids is 1. The fourth-order valence-corrected chi connectivity index (χ4v) is 2.75. The molecule has 0 bridgehead atoms. The SMILES string of the molecule is CCCOC1CCCN(C(=O)NC(CCSC)C(=O)O)C1. The standard InChI is InChI=1S/C14H26N2O4S/c1-3-8-20-11-5-4-7-16(10-11)14(19)15-12(13(17)18)6-9-21-2/h11-12H,3-10H2,1-2H3,(H,15,19)(H,17,18). The summed E-state index contributed by atoms with van der Waals surface area (Å²) >= 11 is 1.57. The molecule has 1 aliphatic rings. The van der Waals surface area contributed by atoms with Crippen molar-refractivity contribution in [2.24, 2.45) is 0 Å². The first-order valence-electron chi connectivity index (χ1n) is 7.47. The number of nitrogens with one attached hydrogen (secondary N) is 1. The Labute approximate surface area is 130 Å². The molecule has 2 unspecified atom stereocenters. The largest absolute Gasteiger partial charge is 0.480 e. The van der Waals surface area contributed by atoms with Gasteiger partial charge >= 0.3 is 12.0 Å². The van der Waals surface area contributed by atoms with Crippen molar-refractivity contribution in [3.63, 3.8) is 0 Å². The molecule has 1 saturated heterocycles. The molecule has 0 spiro atoms. The van der Waals surface area contributed by atoms with Crippen LogP contribution in [0.2, 0.25) is 0 Å². The normalized spacial score (nSPS) is 20.1. The van der Waals surface area contributed by atoms with E-state index < -0.39 is 12.0 Å². The van der Waals surface area contributed by atoms with Crippen LogP contribution in [0.15, 0.2) is 0 Å². The minimum Gasteiger partial charge on any atom is -0.480 e. The summed E-state index contributed by atoms with van der Waals surface area (Å²) in [6.45, 7) is 3.95. The van der Waals surface area contributed by atoms with Gasteiger partial charge in [0.2, 0.25) is 0 Å². The van der Waals surface area contributed by atoms with E-state index in [0.29, 0.717) is 31.9 Å². The van der Waals surface area contributed by atoms with Gasteiger partial charge in [0, 0.05) is 19.7 Å². The number of urea groups is 1. The van der Waals surface area contributed by atoms with E-state index >= 15 is 0 Å². The molecule has 0 aromatic carbocycles. The monoisotopic (exact) mass is 318 g/mol. The highest BCUT2D eigenvalue weighted by Gasteiger charge is 2.27. The van der Waals surface area contributed by atoms with Crippen molar-refractivity contribution in [1.29, 1.82) is 0 Å². The van der Waals surface area contributed by atoms with E-state index in [1.165, 1.54) is 0 Å². The van der Waals surface area contributed by atoms with E-state index in [9.17, 15) is 9.59 Å². The third-order valence-electron chi connectivity index (χ3n) is 3.43. The molecule has 0 radical (unpaired) electrons. The van der Waals surface area contributed by atoms with Crippen LogP contribution < -0.4 is 5.32 Å². The zero-order chi connectivity index (χ0) is 15.7. The third-order valence-corrected chi connectivity index (χ3v) is 4.07. The number of hydrogen-bond donors (Lipinski definition) is 2. The summed E-state index contributed by atoms with van der Waals surface area (Å²) < 4.78 is 5.69. The minimum atomic E-state index is -0.979. The number of hydrogen-bond acceptors (Lipinski definition) is 4. The summed E-state index contributed by atoms with van der Waals surface area (Å²) in [7, 11) is 0. The quantitative estimate of drug-likeness (QED) is 0.713. The Balaban J connectivity index is 2.46. The van der Waals surface area contributed by atoms with Crippen LogP contribution in [-0.2, 0) is 9.53 Å². The number of carboxylic acid groups (broad SMARTS) is 1. The van der Waals surface area contributed by atoms with Crippen LogP contribution in [-0.4, -0.2) is 65.9 Å². The Kier molecular flexibility index (Phi) is 8.52. The van der Waals surface area contributed by atoms with Gasteiger partial charge in [-0.3, -0.25) is 0 Å². The maximum Gasteiger partial charge on any atom is 0.326 e. The van der Waals surface area contributed by atoms with Gasteiger partial charge in [0.1, 0.15) is 6.04 Å². The molecular weight excluding hydrogens is 292 g/mol. The van der Waals surface area contributed by atoms with Gasteiger partial charge in [-0.25, -0.2) is 9.59 Å². The first-order chi connectivity index (χ1) is 10.1. The summed E-state index contributed by atoms with van der Waals surface area (Å²) in [5, 5.41) is 11.8. The van der Waals surface area contributed by atoms with E-state index in [0.717, 1.165) is 19.3 Å². The first-order valence-corrected chi connectivity index (χ1v) is 8.86. The molecule has 2 atom stereocenters. The number of ether oxygens (including phenoxy) is 1. The van der Waals surface area contributed by atoms with Gasteiger partial charge in [-0.15, -0.1) is 0 Å². The van der Waals surface area contributed by atoms with Crippen molar-refractivity contribution in [2.45, 2.75) is 44.8 Å². The number of nitrogens with zero attached hydrogens (tertiary/aromatic N) is 1. The number of amides is 2. The fraction of sp³-hybridized carbons (Fsp3) is 0.857. The van der Waals surface area contributed by atoms with Crippen LogP contribution in [0.4, 0.5) is 4.79 Å². The molecule has 0 saturated carbocycles. The first kappa shape index (κ1) is 18.1. The second kappa shape index (κ2) is 9.89. The summed E-state index contributed by atoms with van der Waals surface area (Å²) in [4.78, 5) is 25.0. The van der Waals surface area contributed by atoms with Gasteiger partial charge in [-0.2, -0.15) is 11.8 Å². The maximum absolute atomic E-state index is 12.2. The van der Waals surface area contributed by atoms with Crippen LogP contribution in [0, 0.1) is 0 Å². The Hall–Kier alpha value is -0.950. The summed E-state index contributed by atoms with van der Waals surface area (Å²) in [5.41, 5.74) is 0. The lowest BCUT2D eigenvalue weighted by molar-refractivity contribution is -0.139. The average Bonchev–Trinajstić information content (AvgIpc) is 2.49. The Morgan fingerprint density at radius 1 is 1.52 bits per heavy atom. The third kappa shape index (κ3) is 6.56. The van der Waals surface area contributed by atoms with E-state index in [2.05, 4.69) is 12.2 Å². The average molecular weight is 318 g/mol. The molecular formula is C14H26N2O4S. The second-order valence-corrected chi connectivity index (χ2v) is 6.19. The molecule has 0 aromatic rings. The number of thioether (sulfide) groups is 1. The molecule has 6 nitrogen and oxygen atoms in total.